The summed E-state index contributed by atoms with van der Waals surface area (Å²) in [5.74, 6) is 3.15. The van der Waals surface area contributed by atoms with Gasteiger partial charge in [0.05, 0.1) is 12.7 Å². The molecule has 0 saturated carbocycles. The highest BCUT2D eigenvalue weighted by atomic mass is 16.5. The number of methoxy groups -OCH3 is 1. The summed E-state index contributed by atoms with van der Waals surface area (Å²) in [5.41, 5.74) is 0.273. The molecule has 1 aliphatic heterocycles. The Bertz CT molecular complexity index is 879. The van der Waals surface area contributed by atoms with Crippen LogP contribution in [0.5, 0.6) is 11.5 Å². The normalized spacial score (nSPS) is 18.3. The molecule has 9 heteroatoms. The lowest BCUT2D eigenvalue weighted by molar-refractivity contribution is 0.0626. The van der Waals surface area contributed by atoms with E-state index in [1.54, 1.807) is 13.4 Å². The first-order chi connectivity index (χ1) is 15.3. The van der Waals surface area contributed by atoms with Crippen molar-refractivity contribution in [2.24, 2.45) is 0 Å². The number of hydrogen-bond acceptors (Lipinski definition) is 9. The maximum atomic E-state index is 11.1. The quantitative estimate of drug-likeness (QED) is 0.531. The lowest BCUT2D eigenvalue weighted by Gasteiger charge is -2.25. The van der Waals surface area contributed by atoms with E-state index in [1.165, 1.54) is 0 Å². The average molecular weight is 445 g/mol. The van der Waals surface area contributed by atoms with Crippen LogP contribution in [0.2, 0.25) is 0 Å². The van der Waals surface area contributed by atoms with Crippen LogP contribution in [0.4, 0.5) is 11.6 Å². The minimum absolute atomic E-state index is 0.499. The monoisotopic (exact) mass is 444 g/mol. The Morgan fingerprint density at radius 1 is 1.16 bits per heavy atom. The molecule has 0 spiro atoms. The van der Waals surface area contributed by atoms with E-state index in [9.17, 15) is 5.11 Å². The Hall–Kier alpha value is -2.62. The first kappa shape index (κ1) is 24.0. The van der Waals surface area contributed by atoms with Gasteiger partial charge in [-0.25, -0.2) is 9.97 Å². The number of aliphatic hydroxyl groups is 1. The average Bonchev–Trinajstić information content (AvgIpc) is 3.16. The zero-order valence-electron chi connectivity index (χ0n) is 19.8. The van der Waals surface area contributed by atoms with Crippen molar-refractivity contribution in [2.75, 3.05) is 77.9 Å². The van der Waals surface area contributed by atoms with E-state index in [-0.39, 0.29) is 0 Å². The molecule has 1 atom stereocenters. The Morgan fingerprint density at radius 2 is 1.97 bits per heavy atom. The third-order valence-corrected chi connectivity index (χ3v) is 5.56. The van der Waals surface area contributed by atoms with Crippen molar-refractivity contribution in [1.29, 1.82) is 0 Å². The number of hydrogen-bond donors (Lipinski definition) is 2. The predicted molar refractivity (Wildman–Crippen MR) is 127 cm³/mol. The van der Waals surface area contributed by atoms with Crippen LogP contribution in [-0.2, 0) is 6.54 Å². The number of likely N-dealkylation sites (N-methyl/N-ethyl adjacent to an activating group) is 1. The van der Waals surface area contributed by atoms with Gasteiger partial charge in [-0.2, -0.15) is 0 Å². The molecule has 1 aromatic carbocycles. The summed E-state index contributed by atoms with van der Waals surface area (Å²) < 4.78 is 11.3. The molecular weight excluding hydrogens is 408 g/mol. The van der Waals surface area contributed by atoms with Gasteiger partial charge in [0.1, 0.15) is 24.6 Å². The number of nitrogens with zero attached hydrogens (tertiary/aromatic N) is 5. The lowest BCUT2D eigenvalue weighted by atomic mass is 10.0. The van der Waals surface area contributed by atoms with Crippen LogP contribution in [0.1, 0.15) is 12.0 Å². The van der Waals surface area contributed by atoms with Gasteiger partial charge in [0.25, 0.3) is 0 Å². The molecule has 32 heavy (non-hydrogen) atoms. The minimum atomic E-state index is -0.803. The third kappa shape index (κ3) is 6.44. The molecule has 2 heterocycles. The molecule has 1 saturated heterocycles. The Kier molecular flexibility index (Phi) is 8.11. The van der Waals surface area contributed by atoms with Gasteiger partial charge in [0, 0.05) is 52.9 Å². The summed E-state index contributed by atoms with van der Waals surface area (Å²) in [6.07, 6.45) is 2.25. The fraction of sp³-hybridized carbons (Fsp3) is 0.565. The Morgan fingerprint density at radius 3 is 2.69 bits per heavy atom. The summed E-state index contributed by atoms with van der Waals surface area (Å²) in [6.45, 7) is 3.87. The van der Waals surface area contributed by atoms with Gasteiger partial charge in [-0.1, -0.05) is 6.07 Å². The van der Waals surface area contributed by atoms with Gasteiger partial charge in [-0.05, 0) is 38.2 Å². The van der Waals surface area contributed by atoms with Crippen molar-refractivity contribution in [2.45, 2.75) is 18.6 Å². The molecule has 1 aliphatic rings. The summed E-state index contributed by atoms with van der Waals surface area (Å²) in [4.78, 5) is 14.8. The molecule has 2 aromatic rings. The second kappa shape index (κ2) is 10.8. The Labute approximate surface area is 191 Å². The van der Waals surface area contributed by atoms with E-state index in [2.05, 4.69) is 25.1 Å². The number of ether oxygens (including phenoxy) is 2. The van der Waals surface area contributed by atoms with Gasteiger partial charge in [0.2, 0.25) is 0 Å². The van der Waals surface area contributed by atoms with Crippen LogP contribution in [-0.4, -0.2) is 93.7 Å². The van der Waals surface area contributed by atoms with Gasteiger partial charge in [-0.3, -0.25) is 0 Å². The van der Waals surface area contributed by atoms with Crippen LogP contribution in [0, 0.1) is 0 Å². The molecule has 2 N–H and O–H groups in total. The number of nitrogens with one attached hydrogen (secondary N) is 1. The summed E-state index contributed by atoms with van der Waals surface area (Å²) in [6, 6.07) is 7.89. The molecule has 176 valence electrons. The second-order valence-electron chi connectivity index (χ2n) is 8.77. The van der Waals surface area contributed by atoms with E-state index in [0.717, 1.165) is 36.0 Å². The maximum absolute atomic E-state index is 11.1. The SMILES string of the molecule is COc1cc(CNCC2(O)CCN(c3cc(N(C)C)ncn3)C2)ccc1OCCN(C)C. The third-order valence-electron chi connectivity index (χ3n) is 5.56. The fourth-order valence-electron chi connectivity index (χ4n) is 3.67. The Balaban J connectivity index is 1.52. The number of β-amino-alcohol motifs (C(OH)–C–C–N with tert-alkyl or cyclic N) is 1. The molecule has 1 fully saturated rings. The van der Waals surface area contributed by atoms with Crippen molar-refractivity contribution in [3.63, 3.8) is 0 Å². The largest absolute Gasteiger partial charge is 0.493 e. The van der Waals surface area contributed by atoms with Crippen LogP contribution in [0.3, 0.4) is 0 Å². The number of aromatic nitrogens is 2. The predicted octanol–water partition coefficient (Wildman–Crippen LogP) is 1.22. The number of rotatable bonds is 11. The van der Waals surface area contributed by atoms with E-state index < -0.39 is 5.60 Å². The molecular formula is C23H36N6O3. The topological polar surface area (TPSA) is 86.2 Å². The van der Waals surface area contributed by atoms with Crippen LogP contribution in [0.15, 0.2) is 30.6 Å². The highest BCUT2D eigenvalue weighted by Crippen LogP contribution is 2.29. The first-order valence-electron chi connectivity index (χ1n) is 10.9. The lowest BCUT2D eigenvalue weighted by Crippen LogP contribution is -2.43. The van der Waals surface area contributed by atoms with E-state index in [0.29, 0.717) is 38.4 Å². The van der Waals surface area contributed by atoms with Gasteiger partial charge >= 0.3 is 0 Å². The summed E-state index contributed by atoms with van der Waals surface area (Å²) >= 11 is 0. The van der Waals surface area contributed by atoms with Gasteiger partial charge < -0.3 is 34.6 Å². The smallest absolute Gasteiger partial charge is 0.161 e. The minimum Gasteiger partial charge on any atom is -0.493 e. The molecule has 1 aromatic heterocycles. The van der Waals surface area contributed by atoms with E-state index in [4.69, 9.17) is 9.47 Å². The molecule has 0 radical (unpaired) electrons. The molecule has 0 bridgehead atoms. The van der Waals surface area contributed by atoms with Gasteiger partial charge in [-0.15, -0.1) is 0 Å². The summed E-state index contributed by atoms with van der Waals surface area (Å²) in [5, 5.41) is 14.5. The van der Waals surface area contributed by atoms with Crippen LogP contribution in [0.25, 0.3) is 0 Å². The van der Waals surface area contributed by atoms with Gasteiger partial charge in [0.15, 0.2) is 11.5 Å². The van der Waals surface area contributed by atoms with Crippen molar-refractivity contribution in [3.8, 4) is 11.5 Å². The standard InChI is InChI=1S/C23H36N6O3/c1-27(2)10-11-32-19-7-6-18(12-20(19)31-5)14-24-15-23(30)8-9-29(16-23)22-13-21(28(3)4)25-17-26-22/h6-7,12-13,17,24,30H,8-11,14-16H2,1-5H3. The molecule has 0 aliphatic carbocycles. The molecule has 3 rings (SSSR count). The molecule has 1 unspecified atom stereocenters. The fourth-order valence-corrected chi connectivity index (χ4v) is 3.67. The first-order valence-corrected chi connectivity index (χ1v) is 10.9. The van der Waals surface area contributed by atoms with Crippen molar-refractivity contribution < 1.29 is 14.6 Å². The maximum Gasteiger partial charge on any atom is 0.161 e. The number of anilines is 2. The van der Waals surface area contributed by atoms with Crippen molar-refractivity contribution in [1.82, 2.24) is 20.2 Å². The van der Waals surface area contributed by atoms with Crippen LogP contribution >= 0.6 is 0 Å². The molecule has 0 amide bonds. The van der Waals surface area contributed by atoms with E-state index in [1.807, 2.05) is 57.4 Å². The highest BCUT2D eigenvalue weighted by Gasteiger charge is 2.36. The van der Waals surface area contributed by atoms with Crippen molar-refractivity contribution >= 4 is 11.6 Å². The number of benzene rings is 1. The van der Waals surface area contributed by atoms with Crippen LogP contribution < -0.4 is 24.6 Å². The molecule has 9 nitrogen and oxygen atoms in total. The second-order valence-corrected chi connectivity index (χ2v) is 8.77. The zero-order valence-corrected chi connectivity index (χ0v) is 19.8. The highest BCUT2D eigenvalue weighted by molar-refractivity contribution is 5.50. The van der Waals surface area contributed by atoms with E-state index >= 15 is 0 Å². The summed E-state index contributed by atoms with van der Waals surface area (Å²) in [7, 11) is 9.58. The van der Waals surface area contributed by atoms with Crippen molar-refractivity contribution in [3.05, 3.63) is 36.2 Å². The zero-order chi connectivity index (χ0) is 23.1.